The number of Topliss-reactive ketones (excluding diaryl/α,β-unsaturated/α-hetero) is 2. The minimum Gasteiger partial charge on any atom is -0.388 e. The van der Waals surface area contributed by atoms with Crippen LogP contribution in [0.25, 0.3) is 0 Å². The van der Waals surface area contributed by atoms with Crippen molar-refractivity contribution >= 4 is 11.6 Å². The van der Waals surface area contributed by atoms with Crippen molar-refractivity contribution in [2.24, 2.45) is 17.8 Å². The monoisotopic (exact) mass is 263 g/mol. The van der Waals surface area contributed by atoms with Crippen molar-refractivity contribution in [3.63, 3.8) is 0 Å². The van der Waals surface area contributed by atoms with Crippen LogP contribution in [0.5, 0.6) is 0 Å². The Bertz CT molecular complexity index is 389. The summed E-state index contributed by atoms with van der Waals surface area (Å²) in [4.78, 5) is 24.6. The molecule has 0 aromatic carbocycles. The third kappa shape index (κ3) is 3.07. The van der Waals surface area contributed by atoms with Gasteiger partial charge in [-0.15, -0.1) is 0 Å². The Morgan fingerprint density at radius 1 is 1.16 bits per heavy atom. The van der Waals surface area contributed by atoms with Crippen molar-refractivity contribution in [3.8, 4) is 0 Å². The van der Waals surface area contributed by atoms with Crippen molar-refractivity contribution in [3.05, 3.63) is 11.3 Å². The third-order valence-corrected chi connectivity index (χ3v) is 4.66. The van der Waals surface area contributed by atoms with E-state index in [2.05, 4.69) is 26.1 Å². The van der Waals surface area contributed by atoms with Gasteiger partial charge in [0.1, 0.15) is 0 Å². The van der Waals surface area contributed by atoms with Crippen molar-refractivity contribution in [2.75, 3.05) is 6.54 Å². The molecular weight excluding hydrogens is 238 g/mol. The molecule has 1 aliphatic heterocycles. The van der Waals surface area contributed by atoms with Crippen LogP contribution < -0.4 is 5.32 Å². The molecule has 19 heavy (non-hydrogen) atoms. The zero-order valence-electron chi connectivity index (χ0n) is 12.3. The van der Waals surface area contributed by atoms with Gasteiger partial charge >= 0.3 is 0 Å². The normalized spacial score (nSPS) is 28.8. The number of nitrogens with one attached hydrogen (secondary N) is 1. The highest BCUT2D eigenvalue weighted by molar-refractivity contribution is 6.22. The van der Waals surface area contributed by atoms with Gasteiger partial charge in [-0.2, -0.15) is 0 Å². The number of allylic oxidation sites excluding steroid dienone is 2. The van der Waals surface area contributed by atoms with E-state index in [-0.39, 0.29) is 17.5 Å². The minimum atomic E-state index is 0.0641. The number of ketones is 2. The lowest BCUT2D eigenvalue weighted by Gasteiger charge is -2.30. The SMILES string of the molecule is CCC1CCNC(=C2C(=O)CC(C(C)C)CC2=O)C1. The van der Waals surface area contributed by atoms with Gasteiger partial charge in [0.05, 0.1) is 5.57 Å². The minimum absolute atomic E-state index is 0.0641. The van der Waals surface area contributed by atoms with Gasteiger partial charge in [-0.25, -0.2) is 0 Å². The summed E-state index contributed by atoms with van der Waals surface area (Å²) in [6, 6.07) is 0. The van der Waals surface area contributed by atoms with Gasteiger partial charge in [0.2, 0.25) is 0 Å². The van der Waals surface area contributed by atoms with Gasteiger partial charge < -0.3 is 5.32 Å². The summed E-state index contributed by atoms with van der Waals surface area (Å²) in [5.74, 6) is 1.38. The molecule has 0 amide bonds. The van der Waals surface area contributed by atoms with E-state index in [0.29, 0.717) is 30.3 Å². The van der Waals surface area contributed by atoms with Crippen molar-refractivity contribution in [1.82, 2.24) is 5.32 Å². The van der Waals surface area contributed by atoms with Crippen molar-refractivity contribution in [1.29, 1.82) is 0 Å². The molecule has 106 valence electrons. The van der Waals surface area contributed by atoms with E-state index in [1.54, 1.807) is 0 Å². The molecule has 1 atom stereocenters. The Morgan fingerprint density at radius 3 is 2.32 bits per heavy atom. The van der Waals surface area contributed by atoms with Crippen LogP contribution in [0.4, 0.5) is 0 Å². The van der Waals surface area contributed by atoms with Gasteiger partial charge in [-0.3, -0.25) is 9.59 Å². The molecule has 2 aliphatic rings. The maximum Gasteiger partial charge on any atom is 0.168 e. The molecule has 1 saturated carbocycles. The zero-order chi connectivity index (χ0) is 14.0. The average molecular weight is 263 g/mol. The van der Waals surface area contributed by atoms with E-state index >= 15 is 0 Å². The first-order valence-electron chi connectivity index (χ1n) is 7.56. The second-order valence-corrected chi connectivity index (χ2v) is 6.31. The lowest BCUT2D eigenvalue weighted by Crippen LogP contribution is -2.35. The maximum atomic E-state index is 12.3. The fourth-order valence-corrected chi connectivity index (χ4v) is 3.15. The average Bonchev–Trinajstić information content (AvgIpc) is 2.38. The molecule has 3 heteroatoms. The van der Waals surface area contributed by atoms with Crippen LogP contribution in [0.15, 0.2) is 11.3 Å². The molecule has 3 nitrogen and oxygen atoms in total. The molecule has 0 bridgehead atoms. The molecule has 0 radical (unpaired) electrons. The summed E-state index contributed by atoms with van der Waals surface area (Å²) < 4.78 is 0. The highest BCUT2D eigenvalue weighted by Crippen LogP contribution is 2.32. The Labute approximate surface area is 115 Å². The van der Waals surface area contributed by atoms with E-state index in [1.807, 2.05) is 0 Å². The molecule has 0 aromatic rings. The number of rotatable bonds is 2. The number of hydrogen-bond acceptors (Lipinski definition) is 3. The smallest absolute Gasteiger partial charge is 0.168 e. The van der Waals surface area contributed by atoms with Crippen LogP contribution in [-0.2, 0) is 9.59 Å². The van der Waals surface area contributed by atoms with E-state index in [9.17, 15) is 9.59 Å². The van der Waals surface area contributed by atoms with Gasteiger partial charge in [-0.05, 0) is 30.6 Å². The summed E-state index contributed by atoms with van der Waals surface area (Å²) in [6.07, 6.45) is 4.22. The summed E-state index contributed by atoms with van der Waals surface area (Å²) in [7, 11) is 0. The van der Waals surface area contributed by atoms with Crippen LogP contribution in [0.3, 0.4) is 0 Å². The molecule has 1 aliphatic carbocycles. The first-order chi connectivity index (χ1) is 9.02. The molecule has 2 fully saturated rings. The Kier molecular flexibility index (Phi) is 4.43. The maximum absolute atomic E-state index is 12.3. The second kappa shape index (κ2) is 5.89. The zero-order valence-corrected chi connectivity index (χ0v) is 12.3. The first-order valence-corrected chi connectivity index (χ1v) is 7.56. The predicted molar refractivity (Wildman–Crippen MR) is 75.6 cm³/mol. The lowest BCUT2D eigenvalue weighted by molar-refractivity contribution is -0.126. The lowest BCUT2D eigenvalue weighted by atomic mass is 9.76. The molecule has 0 aromatic heterocycles. The standard InChI is InChI=1S/C16H25NO2/c1-4-11-5-6-17-13(7-11)16-14(18)8-12(10(2)3)9-15(16)19/h10-12,17H,4-9H2,1-3H3. The highest BCUT2D eigenvalue weighted by atomic mass is 16.1. The quantitative estimate of drug-likeness (QED) is 0.615. The van der Waals surface area contributed by atoms with E-state index in [4.69, 9.17) is 0 Å². The first kappa shape index (κ1) is 14.3. The predicted octanol–water partition coefficient (Wildman–Crippen LogP) is 2.85. The van der Waals surface area contributed by atoms with Gasteiger partial charge in [0, 0.05) is 25.1 Å². The highest BCUT2D eigenvalue weighted by Gasteiger charge is 2.35. The molecule has 0 spiro atoms. The topological polar surface area (TPSA) is 46.2 Å². The largest absolute Gasteiger partial charge is 0.388 e. The summed E-state index contributed by atoms with van der Waals surface area (Å²) >= 11 is 0. The Balaban J connectivity index is 2.20. The van der Waals surface area contributed by atoms with Crippen LogP contribution in [0.1, 0.15) is 52.9 Å². The fourth-order valence-electron chi connectivity index (χ4n) is 3.15. The van der Waals surface area contributed by atoms with Crippen LogP contribution >= 0.6 is 0 Å². The Morgan fingerprint density at radius 2 is 1.79 bits per heavy atom. The van der Waals surface area contributed by atoms with Crippen molar-refractivity contribution < 1.29 is 9.59 Å². The van der Waals surface area contributed by atoms with E-state index < -0.39 is 0 Å². The van der Waals surface area contributed by atoms with E-state index in [0.717, 1.165) is 31.5 Å². The fraction of sp³-hybridized carbons (Fsp3) is 0.750. The number of piperidine rings is 1. The van der Waals surface area contributed by atoms with E-state index in [1.165, 1.54) is 0 Å². The molecule has 1 unspecified atom stereocenters. The Hall–Kier alpha value is -1.12. The van der Waals surface area contributed by atoms with Gasteiger partial charge in [0.25, 0.3) is 0 Å². The van der Waals surface area contributed by atoms with Crippen molar-refractivity contribution in [2.45, 2.75) is 52.9 Å². The molecule has 1 heterocycles. The molecule has 1 saturated heterocycles. The number of carbonyl (C=O) groups excluding carboxylic acids is 2. The number of carbonyl (C=O) groups is 2. The number of hydrogen-bond donors (Lipinski definition) is 1. The van der Waals surface area contributed by atoms with Crippen LogP contribution in [0.2, 0.25) is 0 Å². The summed E-state index contributed by atoms with van der Waals surface area (Å²) in [5.41, 5.74) is 1.42. The van der Waals surface area contributed by atoms with Crippen LogP contribution in [0, 0.1) is 17.8 Å². The van der Waals surface area contributed by atoms with Gasteiger partial charge in [-0.1, -0.05) is 27.2 Å². The summed E-state index contributed by atoms with van der Waals surface area (Å²) in [6.45, 7) is 7.26. The second-order valence-electron chi connectivity index (χ2n) is 6.31. The molecule has 1 N–H and O–H groups in total. The summed E-state index contributed by atoms with van der Waals surface area (Å²) in [5, 5.41) is 3.30. The molecule has 2 rings (SSSR count). The molecular formula is C16H25NO2. The van der Waals surface area contributed by atoms with Crippen LogP contribution in [-0.4, -0.2) is 18.1 Å². The third-order valence-electron chi connectivity index (χ3n) is 4.66. The van der Waals surface area contributed by atoms with Gasteiger partial charge in [0.15, 0.2) is 11.6 Å².